The second-order valence-corrected chi connectivity index (χ2v) is 16.1. The van der Waals surface area contributed by atoms with Gasteiger partial charge in [0.25, 0.3) is 0 Å². The van der Waals surface area contributed by atoms with Crippen molar-refractivity contribution in [2.24, 2.45) is 0 Å². The summed E-state index contributed by atoms with van der Waals surface area (Å²) in [6.07, 6.45) is 15.9. The highest BCUT2D eigenvalue weighted by Crippen LogP contribution is 2.56. The van der Waals surface area contributed by atoms with Crippen molar-refractivity contribution in [2.45, 2.75) is 31.1 Å². The molecule has 1 nitrogen and oxygen atoms in total. The van der Waals surface area contributed by atoms with Crippen molar-refractivity contribution in [3.05, 3.63) is 227 Å². The first kappa shape index (κ1) is 32.2. The summed E-state index contributed by atoms with van der Waals surface area (Å²) >= 11 is 1.92. The van der Waals surface area contributed by atoms with Crippen LogP contribution in [-0.2, 0) is 5.41 Å². The molecule has 0 unspecified atom stereocenters. The lowest BCUT2D eigenvalue weighted by Gasteiger charge is -2.35. The van der Waals surface area contributed by atoms with Gasteiger partial charge in [0.15, 0.2) is 0 Å². The molecule has 55 heavy (non-hydrogen) atoms. The summed E-state index contributed by atoms with van der Waals surface area (Å²) in [5, 5.41) is 5.22. The van der Waals surface area contributed by atoms with E-state index in [9.17, 15) is 0 Å². The summed E-state index contributed by atoms with van der Waals surface area (Å²) in [6.45, 7) is 0. The van der Waals surface area contributed by atoms with Crippen LogP contribution in [0.5, 0.6) is 0 Å². The first-order chi connectivity index (χ1) is 27.3. The molecule has 0 bridgehead atoms. The van der Waals surface area contributed by atoms with E-state index >= 15 is 0 Å². The van der Waals surface area contributed by atoms with Crippen LogP contribution in [0.2, 0.25) is 0 Å². The van der Waals surface area contributed by atoms with Crippen molar-refractivity contribution in [1.29, 1.82) is 0 Å². The Kier molecular flexibility index (Phi) is 7.60. The quantitative estimate of drug-likeness (QED) is 0.165. The number of benzene rings is 7. The molecule has 8 aromatic rings. The molecule has 0 saturated carbocycles. The maximum atomic E-state index is 2.55. The molecule has 0 N–H and O–H groups in total. The molecular formula is C53H39NS. The summed E-state index contributed by atoms with van der Waals surface area (Å²) in [5.74, 6) is 0. The maximum absolute atomic E-state index is 2.55. The smallest absolute Gasteiger partial charge is 0.0713 e. The fourth-order valence-corrected chi connectivity index (χ4v) is 10.9. The summed E-state index contributed by atoms with van der Waals surface area (Å²) in [4.78, 5) is 2.55. The first-order valence-corrected chi connectivity index (χ1v) is 20.3. The SMILES string of the molecule is C1=CCCC(C2=CC=C(N(c3ccc(C4(c5ccccc5)c5ccccc5-c5ccccc54)cc3)c3cccc4c3sc3cc5ccccc5cc34)CC2)=C1. The molecule has 262 valence electrons. The van der Waals surface area contributed by atoms with Gasteiger partial charge < -0.3 is 4.90 Å². The maximum Gasteiger partial charge on any atom is 0.0713 e. The fourth-order valence-electron chi connectivity index (χ4n) is 9.63. The second kappa shape index (κ2) is 13.0. The summed E-state index contributed by atoms with van der Waals surface area (Å²) in [7, 11) is 0. The van der Waals surface area contributed by atoms with Crippen LogP contribution >= 0.6 is 11.3 Å². The van der Waals surface area contributed by atoms with Crippen LogP contribution in [0.15, 0.2) is 205 Å². The molecular weight excluding hydrogens is 683 g/mol. The average molecular weight is 722 g/mol. The van der Waals surface area contributed by atoms with Crippen LogP contribution in [0.3, 0.4) is 0 Å². The summed E-state index contributed by atoms with van der Waals surface area (Å²) in [5.41, 5.74) is 14.2. The lowest BCUT2D eigenvalue weighted by molar-refractivity contribution is 0.768. The van der Waals surface area contributed by atoms with Gasteiger partial charge in [0.1, 0.15) is 0 Å². The van der Waals surface area contributed by atoms with Crippen molar-refractivity contribution in [3.8, 4) is 11.1 Å². The van der Waals surface area contributed by atoms with Gasteiger partial charge in [0, 0.05) is 26.9 Å². The molecule has 0 aliphatic heterocycles. The first-order valence-electron chi connectivity index (χ1n) is 19.5. The van der Waals surface area contributed by atoms with E-state index in [1.54, 1.807) is 0 Å². The Bertz CT molecular complexity index is 2870. The zero-order valence-electron chi connectivity index (χ0n) is 30.6. The van der Waals surface area contributed by atoms with E-state index in [4.69, 9.17) is 0 Å². The molecule has 0 fully saturated rings. The number of anilines is 2. The topological polar surface area (TPSA) is 3.24 Å². The molecule has 11 rings (SSSR count). The van der Waals surface area contributed by atoms with E-state index in [0.717, 1.165) is 25.7 Å². The zero-order chi connectivity index (χ0) is 36.3. The van der Waals surface area contributed by atoms with Gasteiger partial charge in [0.2, 0.25) is 0 Å². The minimum atomic E-state index is -0.421. The average Bonchev–Trinajstić information content (AvgIpc) is 3.78. The van der Waals surface area contributed by atoms with E-state index in [1.165, 1.54) is 92.5 Å². The van der Waals surface area contributed by atoms with E-state index in [1.807, 2.05) is 11.3 Å². The molecule has 0 spiro atoms. The standard InChI is InChI=1S/C53H39NS/c1-3-14-36(15-4-1)37-26-30-42(31-27-37)54(50-25-13-22-46-47-34-38-16-7-8-17-39(38)35-51(47)55-52(46)50)43-32-28-41(29-33-43)53(40-18-5-2-6-19-40)48-23-11-9-20-44(48)45-21-10-12-24-49(45)53/h1-3,5-14,16-26,28-30,32-35H,4,15,27,31H2. The molecule has 3 aliphatic carbocycles. The van der Waals surface area contributed by atoms with Gasteiger partial charge in [-0.2, -0.15) is 0 Å². The van der Waals surface area contributed by atoms with E-state index in [-0.39, 0.29) is 0 Å². The van der Waals surface area contributed by atoms with Gasteiger partial charge in [-0.05, 0) is 117 Å². The Balaban J connectivity index is 1.11. The largest absolute Gasteiger partial charge is 0.313 e. The lowest BCUT2D eigenvalue weighted by Crippen LogP contribution is -2.28. The van der Waals surface area contributed by atoms with Crippen LogP contribution in [0.25, 0.3) is 42.1 Å². The van der Waals surface area contributed by atoms with Gasteiger partial charge >= 0.3 is 0 Å². The predicted molar refractivity (Wildman–Crippen MR) is 235 cm³/mol. The molecule has 1 heterocycles. The van der Waals surface area contributed by atoms with Crippen LogP contribution in [0.4, 0.5) is 11.4 Å². The Morgan fingerprint density at radius 3 is 1.89 bits per heavy atom. The highest BCUT2D eigenvalue weighted by atomic mass is 32.1. The van der Waals surface area contributed by atoms with Crippen LogP contribution in [0.1, 0.15) is 47.9 Å². The minimum Gasteiger partial charge on any atom is -0.313 e. The third kappa shape index (κ3) is 5.05. The third-order valence-corrected chi connectivity index (χ3v) is 13.3. The third-order valence-electron chi connectivity index (χ3n) is 12.1. The van der Waals surface area contributed by atoms with Gasteiger partial charge in [0.05, 0.1) is 15.8 Å². The molecule has 7 aromatic carbocycles. The number of allylic oxidation sites excluding steroid dienone is 8. The summed E-state index contributed by atoms with van der Waals surface area (Å²) < 4.78 is 2.66. The molecule has 3 aliphatic rings. The zero-order valence-corrected chi connectivity index (χ0v) is 31.4. The van der Waals surface area contributed by atoms with Crippen molar-refractivity contribution < 1.29 is 0 Å². The van der Waals surface area contributed by atoms with Crippen molar-refractivity contribution in [1.82, 2.24) is 0 Å². The van der Waals surface area contributed by atoms with Crippen molar-refractivity contribution in [2.75, 3.05) is 4.90 Å². The lowest BCUT2D eigenvalue weighted by atomic mass is 9.68. The molecule has 0 radical (unpaired) electrons. The van der Waals surface area contributed by atoms with Gasteiger partial charge in [-0.15, -0.1) is 11.3 Å². The van der Waals surface area contributed by atoms with E-state index in [0.29, 0.717) is 0 Å². The molecule has 0 amide bonds. The van der Waals surface area contributed by atoms with E-state index < -0.39 is 5.41 Å². The molecule has 1 aromatic heterocycles. The highest BCUT2D eigenvalue weighted by Gasteiger charge is 2.45. The predicted octanol–water partition coefficient (Wildman–Crippen LogP) is 14.6. The Morgan fingerprint density at radius 2 is 1.18 bits per heavy atom. The Hall–Kier alpha value is -6.22. The van der Waals surface area contributed by atoms with Gasteiger partial charge in [-0.1, -0.05) is 152 Å². The van der Waals surface area contributed by atoms with Gasteiger partial charge in [-0.3, -0.25) is 0 Å². The Morgan fingerprint density at radius 1 is 0.509 bits per heavy atom. The molecule has 0 saturated heterocycles. The van der Waals surface area contributed by atoms with Crippen LogP contribution < -0.4 is 4.90 Å². The molecule has 0 atom stereocenters. The van der Waals surface area contributed by atoms with E-state index in [2.05, 4.69) is 193 Å². The number of thiophene rings is 1. The highest BCUT2D eigenvalue weighted by molar-refractivity contribution is 7.26. The number of hydrogen-bond acceptors (Lipinski definition) is 2. The normalized spacial score (nSPS) is 15.7. The van der Waals surface area contributed by atoms with Crippen LogP contribution in [-0.4, -0.2) is 0 Å². The minimum absolute atomic E-state index is 0.421. The van der Waals surface area contributed by atoms with Crippen molar-refractivity contribution >= 4 is 53.7 Å². The fraction of sp³-hybridized carbons (Fsp3) is 0.0943. The number of nitrogens with zero attached hydrogens (tertiary/aromatic N) is 1. The van der Waals surface area contributed by atoms with Gasteiger partial charge in [-0.25, -0.2) is 0 Å². The van der Waals surface area contributed by atoms with Crippen molar-refractivity contribution in [3.63, 3.8) is 0 Å². The monoisotopic (exact) mass is 721 g/mol. The summed E-state index contributed by atoms with van der Waals surface area (Å²) in [6, 6.07) is 59.0. The number of rotatable bonds is 6. The number of hydrogen-bond donors (Lipinski definition) is 0. The number of fused-ring (bicyclic) bond motifs is 7. The second-order valence-electron chi connectivity index (χ2n) is 15.0. The Labute approximate surface area is 326 Å². The van der Waals surface area contributed by atoms with Crippen LogP contribution in [0, 0.1) is 0 Å². The molecule has 2 heteroatoms.